The second-order valence-electron chi connectivity index (χ2n) is 3.77. The van der Waals surface area contributed by atoms with Crippen molar-refractivity contribution >= 4 is 5.69 Å². The van der Waals surface area contributed by atoms with Crippen LogP contribution in [0.3, 0.4) is 0 Å². The highest BCUT2D eigenvalue weighted by Gasteiger charge is 2.15. The Morgan fingerprint density at radius 1 is 1.29 bits per heavy atom. The predicted octanol–water partition coefficient (Wildman–Crippen LogP) is 2.20. The van der Waals surface area contributed by atoms with E-state index in [1.54, 1.807) is 0 Å². The summed E-state index contributed by atoms with van der Waals surface area (Å²) in [6, 6.07) is 8.60. The van der Waals surface area contributed by atoms with Crippen molar-refractivity contribution in [3.63, 3.8) is 0 Å². The van der Waals surface area contributed by atoms with Crippen molar-refractivity contribution in [3.8, 4) is 0 Å². The Balaban J connectivity index is 2.14. The molecule has 0 aliphatic carbocycles. The molecule has 0 spiro atoms. The molecule has 2 rings (SSSR count). The molecule has 1 atom stereocenters. The predicted molar refractivity (Wildman–Crippen MR) is 60.0 cm³/mol. The lowest BCUT2D eigenvalue weighted by Gasteiger charge is -2.24. The van der Waals surface area contributed by atoms with Crippen molar-refractivity contribution in [2.24, 2.45) is 0 Å². The average Bonchev–Trinajstić information content (AvgIpc) is 2.69. The molecule has 0 saturated heterocycles. The molecule has 0 radical (unpaired) electrons. The van der Waals surface area contributed by atoms with Gasteiger partial charge in [0.2, 0.25) is 0 Å². The van der Waals surface area contributed by atoms with E-state index in [1.165, 1.54) is 5.56 Å². The van der Waals surface area contributed by atoms with E-state index in [2.05, 4.69) is 36.1 Å². The van der Waals surface area contributed by atoms with Crippen molar-refractivity contribution in [1.82, 2.24) is 4.90 Å². The molecule has 0 amide bonds. The van der Waals surface area contributed by atoms with Crippen LogP contribution in [0, 0.1) is 0 Å². The summed E-state index contributed by atoms with van der Waals surface area (Å²) in [6.45, 7) is 4.33. The third-order valence-electron chi connectivity index (χ3n) is 2.79. The highest BCUT2D eigenvalue weighted by molar-refractivity contribution is 5.41. The number of nitrogens with zero attached hydrogens (tertiary/aromatic N) is 1. The molecule has 1 heterocycles. The van der Waals surface area contributed by atoms with Crippen LogP contribution in [-0.2, 0) is 0 Å². The molecule has 0 aromatic heterocycles. The lowest BCUT2D eigenvalue weighted by molar-refractivity contribution is 0.274. The number of hydrogen-bond acceptors (Lipinski definition) is 2. The zero-order chi connectivity index (χ0) is 9.97. The standard InChI is InChI=1S/C12H16N2/c1-10(14-7-2-3-8-14)11-5-4-6-12(13)9-11/h2-6,9-10H,7-8,13H2,1H3. The summed E-state index contributed by atoms with van der Waals surface area (Å²) in [4.78, 5) is 2.41. The Morgan fingerprint density at radius 2 is 2.00 bits per heavy atom. The molecule has 1 aliphatic rings. The smallest absolute Gasteiger partial charge is 0.0327 e. The van der Waals surface area contributed by atoms with E-state index in [4.69, 9.17) is 5.73 Å². The van der Waals surface area contributed by atoms with Gasteiger partial charge in [-0.15, -0.1) is 0 Å². The first-order chi connectivity index (χ1) is 6.77. The van der Waals surface area contributed by atoms with E-state index in [1.807, 2.05) is 12.1 Å². The third-order valence-corrected chi connectivity index (χ3v) is 2.79. The topological polar surface area (TPSA) is 29.3 Å². The van der Waals surface area contributed by atoms with Crippen LogP contribution in [0.4, 0.5) is 5.69 Å². The van der Waals surface area contributed by atoms with E-state index in [-0.39, 0.29) is 0 Å². The first-order valence-electron chi connectivity index (χ1n) is 5.02. The van der Waals surface area contributed by atoms with Gasteiger partial charge in [-0.2, -0.15) is 0 Å². The van der Waals surface area contributed by atoms with Gasteiger partial charge in [0, 0.05) is 24.8 Å². The van der Waals surface area contributed by atoms with Crippen molar-refractivity contribution < 1.29 is 0 Å². The molecule has 2 heteroatoms. The quantitative estimate of drug-likeness (QED) is 0.569. The lowest BCUT2D eigenvalue weighted by atomic mass is 10.1. The first kappa shape index (κ1) is 9.28. The van der Waals surface area contributed by atoms with Gasteiger partial charge in [-0.1, -0.05) is 24.3 Å². The Bertz CT molecular complexity index is 336. The second kappa shape index (κ2) is 3.84. The second-order valence-corrected chi connectivity index (χ2v) is 3.77. The molecule has 74 valence electrons. The zero-order valence-corrected chi connectivity index (χ0v) is 8.48. The lowest BCUT2D eigenvalue weighted by Crippen LogP contribution is -2.23. The Labute approximate surface area is 85.0 Å². The summed E-state index contributed by atoms with van der Waals surface area (Å²) < 4.78 is 0. The van der Waals surface area contributed by atoms with Gasteiger partial charge >= 0.3 is 0 Å². The molecule has 1 aromatic carbocycles. The number of benzene rings is 1. The Hall–Kier alpha value is -1.28. The van der Waals surface area contributed by atoms with Crippen molar-refractivity contribution in [2.75, 3.05) is 18.8 Å². The molecule has 0 bridgehead atoms. The summed E-state index contributed by atoms with van der Waals surface area (Å²) >= 11 is 0. The van der Waals surface area contributed by atoms with E-state index in [0.717, 1.165) is 18.8 Å². The molecule has 14 heavy (non-hydrogen) atoms. The molecule has 1 aromatic rings. The summed E-state index contributed by atoms with van der Waals surface area (Å²) in [7, 11) is 0. The minimum absolute atomic E-state index is 0.452. The van der Waals surface area contributed by atoms with Crippen molar-refractivity contribution in [3.05, 3.63) is 42.0 Å². The van der Waals surface area contributed by atoms with Crippen molar-refractivity contribution in [2.45, 2.75) is 13.0 Å². The highest BCUT2D eigenvalue weighted by Crippen LogP contribution is 2.23. The average molecular weight is 188 g/mol. The molecule has 2 nitrogen and oxygen atoms in total. The van der Waals surface area contributed by atoms with Crippen LogP contribution in [0.25, 0.3) is 0 Å². The van der Waals surface area contributed by atoms with E-state index in [9.17, 15) is 0 Å². The van der Waals surface area contributed by atoms with E-state index in [0.29, 0.717) is 6.04 Å². The van der Waals surface area contributed by atoms with Gasteiger partial charge < -0.3 is 5.73 Å². The van der Waals surface area contributed by atoms with Crippen LogP contribution in [0.5, 0.6) is 0 Å². The number of rotatable bonds is 2. The largest absolute Gasteiger partial charge is 0.399 e. The SMILES string of the molecule is CC(c1cccc(N)c1)N1CC=CC1. The van der Waals surface area contributed by atoms with Gasteiger partial charge in [0.05, 0.1) is 0 Å². The molecular weight excluding hydrogens is 172 g/mol. The molecule has 0 saturated carbocycles. The summed E-state index contributed by atoms with van der Waals surface area (Å²) in [5.41, 5.74) is 7.91. The summed E-state index contributed by atoms with van der Waals surface area (Å²) in [6.07, 6.45) is 4.42. The summed E-state index contributed by atoms with van der Waals surface area (Å²) in [5, 5.41) is 0. The van der Waals surface area contributed by atoms with Crippen LogP contribution in [-0.4, -0.2) is 18.0 Å². The normalized spacial score (nSPS) is 18.6. The van der Waals surface area contributed by atoms with Gasteiger partial charge in [0.25, 0.3) is 0 Å². The fraction of sp³-hybridized carbons (Fsp3) is 0.333. The fourth-order valence-corrected chi connectivity index (χ4v) is 1.84. The molecule has 2 N–H and O–H groups in total. The Morgan fingerprint density at radius 3 is 2.64 bits per heavy atom. The molecule has 1 aliphatic heterocycles. The Kier molecular flexibility index (Phi) is 2.55. The highest BCUT2D eigenvalue weighted by atomic mass is 15.2. The zero-order valence-electron chi connectivity index (χ0n) is 8.48. The fourth-order valence-electron chi connectivity index (χ4n) is 1.84. The minimum Gasteiger partial charge on any atom is -0.399 e. The minimum atomic E-state index is 0.452. The number of nitrogen functional groups attached to an aromatic ring is 1. The van der Waals surface area contributed by atoms with Gasteiger partial charge in [-0.05, 0) is 24.6 Å². The monoisotopic (exact) mass is 188 g/mol. The molecular formula is C12H16N2. The van der Waals surface area contributed by atoms with Gasteiger partial charge in [-0.3, -0.25) is 4.90 Å². The van der Waals surface area contributed by atoms with Crippen LogP contribution in [0.2, 0.25) is 0 Å². The third kappa shape index (κ3) is 1.80. The first-order valence-corrected chi connectivity index (χ1v) is 5.02. The van der Waals surface area contributed by atoms with Gasteiger partial charge in [0.15, 0.2) is 0 Å². The van der Waals surface area contributed by atoms with Gasteiger partial charge in [0.1, 0.15) is 0 Å². The van der Waals surface area contributed by atoms with Crippen LogP contribution in [0.15, 0.2) is 36.4 Å². The maximum Gasteiger partial charge on any atom is 0.0327 e. The maximum absolute atomic E-state index is 5.76. The van der Waals surface area contributed by atoms with Crippen LogP contribution < -0.4 is 5.73 Å². The molecule has 1 unspecified atom stereocenters. The number of anilines is 1. The number of nitrogens with two attached hydrogens (primary N) is 1. The van der Waals surface area contributed by atoms with Crippen LogP contribution in [0.1, 0.15) is 18.5 Å². The maximum atomic E-state index is 5.76. The van der Waals surface area contributed by atoms with Gasteiger partial charge in [-0.25, -0.2) is 0 Å². The van der Waals surface area contributed by atoms with Crippen molar-refractivity contribution in [1.29, 1.82) is 0 Å². The summed E-state index contributed by atoms with van der Waals surface area (Å²) in [5.74, 6) is 0. The molecule has 0 fully saturated rings. The van der Waals surface area contributed by atoms with E-state index < -0.39 is 0 Å². The van der Waals surface area contributed by atoms with E-state index >= 15 is 0 Å². The van der Waals surface area contributed by atoms with Crippen LogP contribution >= 0.6 is 0 Å². The number of hydrogen-bond donors (Lipinski definition) is 1.